The van der Waals surface area contributed by atoms with E-state index in [9.17, 15) is 4.79 Å². The first-order valence-corrected chi connectivity index (χ1v) is 5.21. The Bertz CT molecular complexity index is 528. The van der Waals surface area contributed by atoms with Crippen molar-refractivity contribution in [1.82, 2.24) is 0 Å². The highest BCUT2D eigenvalue weighted by atomic mass is 16.4. The van der Waals surface area contributed by atoms with Crippen molar-refractivity contribution in [3.05, 3.63) is 47.7 Å². The number of furan rings is 1. The van der Waals surface area contributed by atoms with Gasteiger partial charge in [-0.25, -0.2) is 4.79 Å². The summed E-state index contributed by atoms with van der Waals surface area (Å²) in [4.78, 5) is 12.6. The van der Waals surface area contributed by atoms with Crippen LogP contribution in [0.5, 0.6) is 0 Å². The molecule has 4 heteroatoms. The third-order valence-electron chi connectivity index (χ3n) is 2.56. The topological polar surface area (TPSA) is 53.7 Å². The number of rotatable bonds is 3. The first-order valence-electron chi connectivity index (χ1n) is 5.21. The Kier molecular flexibility index (Phi) is 2.87. The van der Waals surface area contributed by atoms with E-state index in [4.69, 9.17) is 9.52 Å². The molecular formula is C13H13NO3. The second-order valence-corrected chi connectivity index (χ2v) is 3.80. The van der Waals surface area contributed by atoms with Gasteiger partial charge < -0.3 is 14.4 Å². The van der Waals surface area contributed by atoms with Crippen LogP contribution >= 0.6 is 0 Å². The average molecular weight is 231 g/mol. The average Bonchev–Trinajstić information content (AvgIpc) is 2.75. The van der Waals surface area contributed by atoms with Crippen molar-refractivity contribution in [3.63, 3.8) is 0 Å². The van der Waals surface area contributed by atoms with E-state index < -0.39 is 5.97 Å². The molecule has 0 amide bonds. The van der Waals surface area contributed by atoms with E-state index in [1.807, 2.05) is 31.0 Å². The fraction of sp³-hybridized carbons (Fsp3) is 0.154. The van der Waals surface area contributed by atoms with Gasteiger partial charge in [0.2, 0.25) is 0 Å². The Morgan fingerprint density at radius 3 is 2.29 bits per heavy atom. The van der Waals surface area contributed by atoms with Gasteiger partial charge in [0.15, 0.2) is 5.88 Å². The van der Waals surface area contributed by atoms with Gasteiger partial charge in [-0.05, 0) is 37.3 Å². The first kappa shape index (κ1) is 11.3. The highest BCUT2D eigenvalue weighted by Crippen LogP contribution is 2.25. The molecule has 1 aromatic carbocycles. The summed E-state index contributed by atoms with van der Waals surface area (Å²) in [5, 5.41) is 8.80. The van der Waals surface area contributed by atoms with Crippen molar-refractivity contribution in [1.29, 1.82) is 0 Å². The number of aromatic carboxylic acids is 1. The quantitative estimate of drug-likeness (QED) is 0.882. The molecule has 1 heterocycles. The summed E-state index contributed by atoms with van der Waals surface area (Å²) >= 11 is 0. The zero-order valence-electron chi connectivity index (χ0n) is 9.68. The van der Waals surface area contributed by atoms with Crippen LogP contribution in [0.4, 0.5) is 11.6 Å². The van der Waals surface area contributed by atoms with E-state index in [1.165, 1.54) is 0 Å². The van der Waals surface area contributed by atoms with E-state index in [1.54, 1.807) is 24.3 Å². The second kappa shape index (κ2) is 4.33. The number of anilines is 2. The third-order valence-corrected chi connectivity index (χ3v) is 2.56. The normalized spacial score (nSPS) is 10.2. The van der Waals surface area contributed by atoms with Crippen molar-refractivity contribution in [3.8, 4) is 0 Å². The van der Waals surface area contributed by atoms with Crippen molar-refractivity contribution in [2.45, 2.75) is 6.92 Å². The summed E-state index contributed by atoms with van der Waals surface area (Å²) in [6.45, 7) is 1.88. The number of carboxylic acid groups (broad SMARTS) is 1. The molecule has 1 aromatic heterocycles. The highest BCUT2D eigenvalue weighted by Gasteiger charge is 2.08. The monoisotopic (exact) mass is 231 g/mol. The van der Waals surface area contributed by atoms with Crippen molar-refractivity contribution in [2.24, 2.45) is 0 Å². The van der Waals surface area contributed by atoms with Crippen LogP contribution in [0.15, 0.2) is 40.8 Å². The fourth-order valence-electron chi connectivity index (χ4n) is 1.56. The maximum atomic E-state index is 10.7. The van der Waals surface area contributed by atoms with Gasteiger partial charge in [0.1, 0.15) is 5.76 Å². The largest absolute Gasteiger partial charge is 0.478 e. The number of hydrogen-bond donors (Lipinski definition) is 1. The molecular weight excluding hydrogens is 218 g/mol. The van der Waals surface area contributed by atoms with Crippen molar-refractivity contribution >= 4 is 17.5 Å². The predicted octanol–water partition coefficient (Wildman–Crippen LogP) is 3.05. The number of hydrogen-bond acceptors (Lipinski definition) is 3. The van der Waals surface area contributed by atoms with Gasteiger partial charge in [0, 0.05) is 18.8 Å². The minimum absolute atomic E-state index is 0.276. The summed E-state index contributed by atoms with van der Waals surface area (Å²) in [5.41, 5.74) is 1.15. The smallest absolute Gasteiger partial charge is 0.335 e. The highest BCUT2D eigenvalue weighted by molar-refractivity contribution is 5.88. The summed E-state index contributed by atoms with van der Waals surface area (Å²) in [6, 6.07) is 10.4. The van der Waals surface area contributed by atoms with E-state index in [2.05, 4.69) is 0 Å². The molecule has 0 radical (unpaired) electrons. The van der Waals surface area contributed by atoms with Crippen LogP contribution in [0.1, 0.15) is 16.1 Å². The maximum absolute atomic E-state index is 10.7. The molecule has 0 unspecified atom stereocenters. The lowest BCUT2D eigenvalue weighted by Gasteiger charge is -2.16. The Hall–Kier alpha value is -2.23. The molecule has 0 fully saturated rings. The van der Waals surface area contributed by atoms with E-state index in [0.29, 0.717) is 0 Å². The lowest BCUT2D eigenvalue weighted by Crippen LogP contribution is -2.08. The molecule has 0 saturated heterocycles. The standard InChI is InChI=1S/C13H13NO3/c1-9-3-8-12(17-9)14(2)11-6-4-10(5-7-11)13(15)16/h3-8H,1-2H3,(H,15,16). The van der Waals surface area contributed by atoms with E-state index in [-0.39, 0.29) is 5.56 Å². The minimum atomic E-state index is -0.923. The van der Waals surface area contributed by atoms with Gasteiger partial charge in [-0.2, -0.15) is 0 Å². The van der Waals surface area contributed by atoms with Gasteiger partial charge in [-0.3, -0.25) is 0 Å². The predicted molar refractivity (Wildman–Crippen MR) is 64.9 cm³/mol. The Morgan fingerprint density at radius 1 is 1.18 bits per heavy atom. The van der Waals surface area contributed by atoms with Crippen LogP contribution in [0.2, 0.25) is 0 Å². The molecule has 2 rings (SSSR count). The minimum Gasteiger partial charge on any atom is -0.478 e. The zero-order chi connectivity index (χ0) is 12.4. The van der Waals surface area contributed by atoms with E-state index in [0.717, 1.165) is 17.3 Å². The lowest BCUT2D eigenvalue weighted by atomic mass is 10.2. The lowest BCUT2D eigenvalue weighted by molar-refractivity contribution is 0.0697. The molecule has 88 valence electrons. The SMILES string of the molecule is Cc1ccc(N(C)c2ccc(C(=O)O)cc2)o1. The Balaban J connectivity index is 2.25. The van der Waals surface area contributed by atoms with Crippen molar-refractivity contribution < 1.29 is 14.3 Å². The van der Waals surface area contributed by atoms with Gasteiger partial charge in [-0.15, -0.1) is 0 Å². The zero-order valence-corrected chi connectivity index (χ0v) is 9.68. The number of nitrogens with zero attached hydrogens (tertiary/aromatic N) is 1. The molecule has 0 aliphatic heterocycles. The fourth-order valence-corrected chi connectivity index (χ4v) is 1.56. The summed E-state index contributed by atoms with van der Waals surface area (Å²) in [6.07, 6.45) is 0. The maximum Gasteiger partial charge on any atom is 0.335 e. The second-order valence-electron chi connectivity index (χ2n) is 3.80. The Morgan fingerprint density at radius 2 is 1.82 bits per heavy atom. The van der Waals surface area contributed by atoms with Crippen LogP contribution < -0.4 is 4.90 Å². The molecule has 17 heavy (non-hydrogen) atoms. The van der Waals surface area contributed by atoms with Crippen molar-refractivity contribution in [2.75, 3.05) is 11.9 Å². The third kappa shape index (κ3) is 2.30. The molecule has 0 saturated carbocycles. The van der Waals surface area contributed by atoms with Crippen LogP contribution in [-0.4, -0.2) is 18.1 Å². The molecule has 0 aliphatic carbocycles. The molecule has 0 atom stereocenters. The van der Waals surface area contributed by atoms with Crippen LogP contribution in [0.25, 0.3) is 0 Å². The van der Waals surface area contributed by atoms with Crippen LogP contribution in [0, 0.1) is 6.92 Å². The number of carboxylic acids is 1. The number of carbonyl (C=O) groups is 1. The van der Waals surface area contributed by atoms with Crippen LogP contribution in [0.3, 0.4) is 0 Å². The summed E-state index contributed by atoms with van der Waals surface area (Å²) in [7, 11) is 1.87. The summed E-state index contributed by atoms with van der Waals surface area (Å²) in [5.74, 6) is 0.646. The molecule has 4 nitrogen and oxygen atoms in total. The Labute approximate surface area is 99.1 Å². The molecule has 0 spiro atoms. The first-order chi connectivity index (χ1) is 8.08. The summed E-state index contributed by atoms with van der Waals surface area (Å²) < 4.78 is 5.49. The number of benzene rings is 1. The van der Waals surface area contributed by atoms with Gasteiger partial charge in [0.05, 0.1) is 5.56 Å². The molecule has 0 bridgehead atoms. The van der Waals surface area contributed by atoms with Gasteiger partial charge >= 0.3 is 5.97 Å². The number of aryl methyl sites for hydroxylation is 1. The molecule has 0 aliphatic rings. The van der Waals surface area contributed by atoms with Gasteiger partial charge in [0.25, 0.3) is 0 Å². The van der Waals surface area contributed by atoms with E-state index >= 15 is 0 Å². The molecule has 1 N–H and O–H groups in total. The molecule has 2 aromatic rings. The van der Waals surface area contributed by atoms with Gasteiger partial charge in [-0.1, -0.05) is 0 Å². The van der Waals surface area contributed by atoms with Crippen LogP contribution in [-0.2, 0) is 0 Å².